The maximum absolute atomic E-state index is 12.1. The molecule has 0 aliphatic rings. The van der Waals surface area contributed by atoms with Gasteiger partial charge in [-0.2, -0.15) is 0 Å². The van der Waals surface area contributed by atoms with E-state index in [1.807, 2.05) is 0 Å². The van der Waals surface area contributed by atoms with Gasteiger partial charge in [0.25, 0.3) is 11.6 Å². The summed E-state index contributed by atoms with van der Waals surface area (Å²) in [4.78, 5) is 23.6. The van der Waals surface area contributed by atoms with Gasteiger partial charge in [-0.05, 0) is 25.5 Å². The highest BCUT2D eigenvalue weighted by molar-refractivity contribution is 5.98. The molecule has 0 aliphatic heterocycles. The predicted molar refractivity (Wildman–Crippen MR) is 66.5 cm³/mol. The number of aliphatic hydroxyl groups is 1. The molecular formula is C12H16N2O4. The Morgan fingerprint density at radius 2 is 2.17 bits per heavy atom. The summed E-state index contributed by atoms with van der Waals surface area (Å²) in [7, 11) is 1.50. The first kappa shape index (κ1) is 14.1. The van der Waals surface area contributed by atoms with Crippen LogP contribution in [0.3, 0.4) is 0 Å². The number of nitro groups is 1. The fourth-order valence-corrected chi connectivity index (χ4v) is 1.67. The van der Waals surface area contributed by atoms with Crippen molar-refractivity contribution in [2.75, 3.05) is 13.6 Å². The quantitative estimate of drug-likeness (QED) is 0.647. The number of benzene rings is 1. The van der Waals surface area contributed by atoms with Gasteiger partial charge in [-0.1, -0.05) is 6.07 Å². The molecular weight excluding hydrogens is 236 g/mol. The molecule has 98 valence electrons. The van der Waals surface area contributed by atoms with Gasteiger partial charge in [-0.25, -0.2) is 0 Å². The third-order valence-electron chi connectivity index (χ3n) is 2.46. The number of carbonyl (C=O) groups excluding carboxylic acids is 1. The Labute approximate surface area is 105 Å². The minimum absolute atomic E-state index is 0.0446. The average molecular weight is 252 g/mol. The van der Waals surface area contributed by atoms with E-state index in [0.29, 0.717) is 0 Å². The Balaban J connectivity index is 3.11. The summed E-state index contributed by atoms with van der Waals surface area (Å²) in [6.07, 6.45) is -0.678. The lowest BCUT2D eigenvalue weighted by molar-refractivity contribution is -0.385. The molecule has 1 rings (SSSR count). The van der Waals surface area contributed by atoms with Crippen molar-refractivity contribution < 1.29 is 14.8 Å². The summed E-state index contributed by atoms with van der Waals surface area (Å²) in [6, 6.07) is 4.39. The maximum atomic E-state index is 12.1. The molecule has 6 heteroatoms. The van der Waals surface area contributed by atoms with Crippen LogP contribution in [-0.2, 0) is 0 Å². The Hall–Kier alpha value is -1.95. The molecule has 0 fully saturated rings. The first-order valence-electron chi connectivity index (χ1n) is 5.51. The lowest BCUT2D eigenvalue weighted by Gasteiger charge is -2.18. The number of likely N-dealkylation sites (N-methyl/N-ethyl adjacent to an activating group) is 1. The van der Waals surface area contributed by atoms with Gasteiger partial charge in [0.05, 0.1) is 11.0 Å². The van der Waals surface area contributed by atoms with Gasteiger partial charge < -0.3 is 10.0 Å². The van der Waals surface area contributed by atoms with Crippen LogP contribution >= 0.6 is 0 Å². The Bertz CT molecular complexity index is 471. The van der Waals surface area contributed by atoms with Crippen LogP contribution in [0, 0.1) is 17.0 Å². The number of hydrogen-bond acceptors (Lipinski definition) is 4. The molecule has 0 bridgehead atoms. The number of rotatable bonds is 4. The second kappa shape index (κ2) is 5.59. The first-order chi connectivity index (χ1) is 8.32. The van der Waals surface area contributed by atoms with E-state index < -0.39 is 16.9 Å². The van der Waals surface area contributed by atoms with Crippen LogP contribution in [-0.4, -0.2) is 40.5 Å². The molecule has 1 amide bonds. The zero-order valence-corrected chi connectivity index (χ0v) is 10.6. The minimum atomic E-state index is -0.678. The fourth-order valence-electron chi connectivity index (χ4n) is 1.67. The van der Waals surface area contributed by atoms with E-state index in [1.165, 1.54) is 24.1 Å². The van der Waals surface area contributed by atoms with Gasteiger partial charge in [0, 0.05) is 19.7 Å². The molecule has 1 aromatic carbocycles. The van der Waals surface area contributed by atoms with Crippen LogP contribution in [0.25, 0.3) is 0 Å². The third-order valence-corrected chi connectivity index (χ3v) is 2.46. The molecule has 6 nitrogen and oxygen atoms in total. The highest BCUT2D eigenvalue weighted by Gasteiger charge is 2.23. The van der Waals surface area contributed by atoms with Gasteiger partial charge in [-0.15, -0.1) is 0 Å². The SMILES string of the molecule is Cc1ccc([N+](=O)[O-])c(C(=O)N(C)CC(C)O)c1. The van der Waals surface area contributed by atoms with Gasteiger partial charge in [0.2, 0.25) is 0 Å². The normalized spacial score (nSPS) is 12.0. The van der Waals surface area contributed by atoms with Crippen molar-refractivity contribution >= 4 is 11.6 Å². The molecule has 0 saturated heterocycles. The van der Waals surface area contributed by atoms with Crippen molar-refractivity contribution in [3.8, 4) is 0 Å². The molecule has 18 heavy (non-hydrogen) atoms. The molecule has 1 aromatic rings. The average Bonchev–Trinajstić information content (AvgIpc) is 2.26. The van der Waals surface area contributed by atoms with Crippen molar-refractivity contribution in [3.05, 3.63) is 39.4 Å². The summed E-state index contributed by atoms with van der Waals surface area (Å²) in [6.45, 7) is 3.44. The molecule has 1 N–H and O–H groups in total. The lowest BCUT2D eigenvalue weighted by atomic mass is 10.1. The van der Waals surface area contributed by atoms with E-state index in [9.17, 15) is 20.0 Å². The maximum Gasteiger partial charge on any atom is 0.282 e. The topological polar surface area (TPSA) is 83.7 Å². The smallest absolute Gasteiger partial charge is 0.282 e. The van der Waals surface area contributed by atoms with E-state index in [4.69, 9.17) is 0 Å². The largest absolute Gasteiger partial charge is 0.392 e. The molecule has 0 aromatic heterocycles. The highest BCUT2D eigenvalue weighted by atomic mass is 16.6. The van der Waals surface area contributed by atoms with E-state index in [1.54, 1.807) is 19.9 Å². The zero-order chi connectivity index (χ0) is 13.9. The highest BCUT2D eigenvalue weighted by Crippen LogP contribution is 2.21. The Morgan fingerprint density at radius 3 is 2.67 bits per heavy atom. The number of carbonyl (C=O) groups is 1. The van der Waals surface area contributed by atoms with Crippen LogP contribution < -0.4 is 0 Å². The van der Waals surface area contributed by atoms with E-state index in [0.717, 1.165) is 5.56 Å². The second-order valence-electron chi connectivity index (χ2n) is 4.31. The van der Waals surface area contributed by atoms with Crippen LogP contribution in [0.2, 0.25) is 0 Å². The minimum Gasteiger partial charge on any atom is -0.392 e. The van der Waals surface area contributed by atoms with Crippen LogP contribution in [0.4, 0.5) is 5.69 Å². The Kier molecular flexibility index (Phi) is 4.38. The second-order valence-corrected chi connectivity index (χ2v) is 4.31. The van der Waals surface area contributed by atoms with Crippen molar-refractivity contribution in [1.29, 1.82) is 0 Å². The van der Waals surface area contributed by atoms with Crippen molar-refractivity contribution in [2.45, 2.75) is 20.0 Å². The number of aryl methyl sites for hydroxylation is 1. The molecule has 0 spiro atoms. The van der Waals surface area contributed by atoms with Gasteiger partial charge in [0.1, 0.15) is 5.56 Å². The molecule has 0 heterocycles. The fraction of sp³-hybridized carbons (Fsp3) is 0.417. The van der Waals surface area contributed by atoms with E-state index in [2.05, 4.69) is 0 Å². The van der Waals surface area contributed by atoms with E-state index in [-0.39, 0.29) is 17.8 Å². The van der Waals surface area contributed by atoms with Crippen LogP contribution in [0.5, 0.6) is 0 Å². The number of aliphatic hydroxyl groups excluding tert-OH is 1. The van der Waals surface area contributed by atoms with Gasteiger partial charge in [0.15, 0.2) is 0 Å². The number of nitrogens with zero attached hydrogens (tertiary/aromatic N) is 2. The third kappa shape index (κ3) is 3.27. The molecule has 0 radical (unpaired) electrons. The lowest BCUT2D eigenvalue weighted by Crippen LogP contribution is -2.33. The summed E-state index contributed by atoms with van der Waals surface area (Å²) in [5.41, 5.74) is 0.598. The number of amides is 1. The van der Waals surface area contributed by atoms with Crippen molar-refractivity contribution in [1.82, 2.24) is 4.90 Å². The molecule has 1 unspecified atom stereocenters. The number of nitro benzene ring substituents is 1. The summed E-state index contributed by atoms with van der Waals surface area (Å²) in [5, 5.41) is 20.1. The molecule has 0 saturated carbocycles. The monoisotopic (exact) mass is 252 g/mol. The molecule has 0 aliphatic carbocycles. The van der Waals surface area contributed by atoms with Crippen molar-refractivity contribution in [3.63, 3.8) is 0 Å². The van der Waals surface area contributed by atoms with E-state index >= 15 is 0 Å². The van der Waals surface area contributed by atoms with Gasteiger partial charge >= 0.3 is 0 Å². The first-order valence-corrected chi connectivity index (χ1v) is 5.51. The van der Waals surface area contributed by atoms with Crippen LogP contribution in [0.1, 0.15) is 22.8 Å². The summed E-state index contributed by atoms with van der Waals surface area (Å²) in [5.74, 6) is -0.466. The zero-order valence-electron chi connectivity index (χ0n) is 10.6. The van der Waals surface area contributed by atoms with Crippen LogP contribution in [0.15, 0.2) is 18.2 Å². The number of hydrogen-bond donors (Lipinski definition) is 1. The predicted octanol–water partition coefficient (Wildman–Crippen LogP) is 1.36. The van der Waals surface area contributed by atoms with Crippen molar-refractivity contribution in [2.24, 2.45) is 0 Å². The molecule has 1 atom stereocenters. The summed E-state index contributed by atoms with van der Waals surface area (Å²) >= 11 is 0. The van der Waals surface area contributed by atoms with Gasteiger partial charge in [-0.3, -0.25) is 14.9 Å². The Morgan fingerprint density at radius 1 is 1.56 bits per heavy atom. The standard InChI is InChI=1S/C12H16N2O4/c1-8-4-5-11(14(17)18)10(6-8)12(16)13(3)7-9(2)15/h4-6,9,15H,7H2,1-3H3. The summed E-state index contributed by atoms with van der Waals surface area (Å²) < 4.78 is 0.